The lowest BCUT2D eigenvalue weighted by molar-refractivity contribution is -0.140. The van der Waals surface area contributed by atoms with Gasteiger partial charge in [0.1, 0.15) is 0 Å². The molecule has 36 heavy (non-hydrogen) atoms. The summed E-state index contributed by atoms with van der Waals surface area (Å²) in [4.78, 5) is 15.9. The maximum Gasteiger partial charge on any atom is 0.307 e. The molecule has 0 fully saturated rings. The first-order chi connectivity index (χ1) is 17.4. The van der Waals surface area contributed by atoms with Gasteiger partial charge in [-0.05, 0) is 52.1 Å². The average molecular weight is 500 g/mol. The van der Waals surface area contributed by atoms with Gasteiger partial charge in [0.05, 0.1) is 22.4 Å². The Labute approximate surface area is 212 Å². The topological polar surface area (TPSA) is 50.2 Å². The highest BCUT2D eigenvalue weighted by Gasteiger charge is 2.24. The minimum atomic E-state index is -0.920. The van der Waals surface area contributed by atoms with E-state index in [2.05, 4.69) is 41.4 Å². The van der Waals surface area contributed by atoms with E-state index in [9.17, 15) is 18.7 Å². The van der Waals surface area contributed by atoms with Gasteiger partial charge >= 0.3 is 5.97 Å². The van der Waals surface area contributed by atoms with Gasteiger partial charge < -0.3 is 5.11 Å². The summed E-state index contributed by atoms with van der Waals surface area (Å²) in [5.41, 5.74) is 6.47. The van der Waals surface area contributed by atoms with Crippen molar-refractivity contribution in [3.63, 3.8) is 0 Å². The molecule has 1 N–H and O–H groups in total. The Balaban J connectivity index is 1.49. The number of thioether (sulfide) groups is 1. The number of hydrogen-bond donors (Lipinski definition) is 1. The van der Waals surface area contributed by atoms with E-state index in [0.29, 0.717) is 22.3 Å². The molecule has 0 bridgehead atoms. The van der Waals surface area contributed by atoms with Gasteiger partial charge in [-0.3, -0.25) is 4.79 Å². The van der Waals surface area contributed by atoms with Crippen LogP contribution >= 0.6 is 11.8 Å². The van der Waals surface area contributed by atoms with Crippen LogP contribution in [0.1, 0.15) is 45.7 Å². The van der Waals surface area contributed by atoms with Gasteiger partial charge in [-0.25, -0.2) is 13.8 Å². The Morgan fingerprint density at radius 1 is 0.972 bits per heavy atom. The molecular formula is C30H23F2NO2S. The van der Waals surface area contributed by atoms with Gasteiger partial charge in [-0.2, -0.15) is 0 Å². The molecule has 6 heteroatoms. The molecule has 0 radical (unpaired) electrons. The SMILES string of the molecule is CC(CSC1c2ccccc2C=Cc2ccc(C=Cc3ccc4cc(F)c(F)cc4n3)cc21)C(=O)O. The van der Waals surface area contributed by atoms with Crippen molar-refractivity contribution in [1.82, 2.24) is 4.98 Å². The van der Waals surface area contributed by atoms with Crippen LogP contribution in [0.5, 0.6) is 0 Å². The molecule has 1 aliphatic rings. The van der Waals surface area contributed by atoms with Crippen molar-refractivity contribution in [3.8, 4) is 0 Å². The van der Waals surface area contributed by atoms with Gasteiger partial charge in [0.15, 0.2) is 11.6 Å². The molecular weight excluding hydrogens is 476 g/mol. The third-order valence-electron chi connectivity index (χ3n) is 6.25. The molecule has 3 aromatic carbocycles. The third-order valence-corrected chi connectivity index (χ3v) is 7.78. The lowest BCUT2D eigenvalue weighted by Crippen LogP contribution is -2.13. The second-order valence-electron chi connectivity index (χ2n) is 8.83. The normalized spacial score (nSPS) is 15.5. The number of pyridine rings is 1. The fourth-order valence-corrected chi connectivity index (χ4v) is 5.63. The number of nitrogens with zero attached hydrogens (tertiary/aromatic N) is 1. The van der Waals surface area contributed by atoms with Gasteiger partial charge in [0, 0.05) is 17.2 Å². The van der Waals surface area contributed by atoms with E-state index in [1.54, 1.807) is 30.8 Å². The molecule has 180 valence electrons. The van der Waals surface area contributed by atoms with Crippen molar-refractivity contribution in [3.05, 3.63) is 112 Å². The molecule has 1 aliphatic carbocycles. The summed E-state index contributed by atoms with van der Waals surface area (Å²) < 4.78 is 27.1. The van der Waals surface area contributed by atoms with Gasteiger partial charge in [-0.15, -0.1) is 11.8 Å². The van der Waals surface area contributed by atoms with Gasteiger partial charge in [-0.1, -0.05) is 67.6 Å². The lowest BCUT2D eigenvalue weighted by Gasteiger charge is -2.21. The van der Waals surface area contributed by atoms with E-state index < -0.39 is 23.5 Å². The number of rotatable bonds is 6. The second kappa shape index (κ2) is 10.1. The monoisotopic (exact) mass is 499 g/mol. The number of hydrogen-bond acceptors (Lipinski definition) is 3. The third kappa shape index (κ3) is 4.95. The molecule has 2 unspecified atom stereocenters. The number of aliphatic carboxylic acids is 1. The Morgan fingerprint density at radius 2 is 1.72 bits per heavy atom. The molecule has 3 nitrogen and oxygen atoms in total. The second-order valence-corrected chi connectivity index (χ2v) is 9.97. The first kappa shape index (κ1) is 23.9. The molecule has 1 aromatic heterocycles. The van der Waals surface area contributed by atoms with Crippen LogP contribution in [0.15, 0.2) is 66.7 Å². The van der Waals surface area contributed by atoms with Crippen molar-refractivity contribution >= 4 is 52.9 Å². The van der Waals surface area contributed by atoms with Crippen molar-refractivity contribution in [1.29, 1.82) is 0 Å². The highest BCUT2D eigenvalue weighted by molar-refractivity contribution is 7.99. The minimum Gasteiger partial charge on any atom is -0.481 e. The summed E-state index contributed by atoms with van der Waals surface area (Å²) in [6.45, 7) is 1.73. The zero-order valence-electron chi connectivity index (χ0n) is 19.5. The Hall–Kier alpha value is -3.77. The number of aromatic nitrogens is 1. The van der Waals surface area contributed by atoms with E-state index in [1.165, 1.54) is 0 Å². The van der Waals surface area contributed by atoms with Crippen molar-refractivity contribution in [2.24, 2.45) is 5.92 Å². The summed E-state index contributed by atoms with van der Waals surface area (Å²) in [6, 6.07) is 20.1. The van der Waals surface area contributed by atoms with Gasteiger partial charge in [0.25, 0.3) is 0 Å². The van der Waals surface area contributed by atoms with Crippen LogP contribution in [0.2, 0.25) is 0 Å². The molecule has 2 atom stereocenters. The van der Waals surface area contributed by atoms with E-state index in [-0.39, 0.29) is 5.25 Å². The summed E-state index contributed by atoms with van der Waals surface area (Å²) in [5, 5.41) is 9.92. The molecule has 0 saturated carbocycles. The molecule has 0 saturated heterocycles. The maximum atomic E-state index is 13.7. The minimum absolute atomic E-state index is 0.0157. The number of halogens is 2. The van der Waals surface area contributed by atoms with Crippen LogP contribution in [0, 0.1) is 17.6 Å². The lowest BCUT2D eigenvalue weighted by atomic mass is 9.97. The fraction of sp³-hybridized carbons (Fsp3) is 0.133. The highest BCUT2D eigenvalue weighted by Crippen LogP contribution is 2.43. The van der Waals surface area contributed by atoms with E-state index in [4.69, 9.17) is 0 Å². The van der Waals surface area contributed by atoms with Crippen molar-refractivity contribution < 1.29 is 18.7 Å². The first-order valence-electron chi connectivity index (χ1n) is 11.6. The zero-order chi connectivity index (χ0) is 25.2. The summed E-state index contributed by atoms with van der Waals surface area (Å²) in [7, 11) is 0. The number of benzene rings is 3. The molecule has 0 amide bonds. The van der Waals surface area contributed by atoms with Crippen LogP contribution in [-0.2, 0) is 4.79 Å². The molecule has 0 spiro atoms. The quantitative estimate of drug-likeness (QED) is 0.295. The predicted molar refractivity (Wildman–Crippen MR) is 143 cm³/mol. The number of fused-ring (bicyclic) bond motifs is 3. The molecule has 1 heterocycles. The Kier molecular flexibility index (Phi) is 6.70. The smallest absolute Gasteiger partial charge is 0.307 e. The largest absolute Gasteiger partial charge is 0.481 e. The van der Waals surface area contributed by atoms with Gasteiger partial charge in [0.2, 0.25) is 0 Å². The van der Waals surface area contributed by atoms with E-state index in [0.717, 1.165) is 39.9 Å². The standard InChI is InChI=1S/C30H23F2NO2S/c1-18(30(34)35)17-36-29-24-5-3-2-4-20(24)9-10-21-8-6-19(14-25(21)29)7-12-23-13-11-22-15-26(31)27(32)16-28(22)33-23/h2-16,18,29H,17H2,1H3,(H,34,35). The fourth-order valence-electron chi connectivity index (χ4n) is 4.22. The number of carboxylic acid groups (broad SMARTS) is 1. The zero-order valence-corrected chi connectivity index (χ0v) is 20.3. The average Bonchev–Trinajstić information content (AvgIpc) is 3.03. The van der Waals surface area contributed by atoms with E-state index >= 15 is 0 Å². The number of carbonyl (C=O) groups is 1. The predicted octanol–water partition coefficient (Wildman–Crippen LogP) is 7.71. The van der Waals surface area contributed by atoms with Crippen LogP contribution in [-0.4, -0.2) is 21.8 Å². The van der Waals surface area contributed by atoms with E-state index in [1.807, 2.05) is 30.4 Å². The highest BCUT2D eigenvalue weighted by atomic mass is 32.2. The van der Waals surface area contributed by atoms with Crippen LogP contribution in [0.3, 0.4) is 0 Å². The summed E-state index contributed by atoms with van der Waals surface area (Å²) in [5.74, 6) is -2.58. The van der Waals surface area contributed by atoms with Crippen LogP contribution < -0.4 is 0 Å². The van der Waals surface area contributed by atoms with Crippen molar-refractivity contribution in [2.75, 3.05) is 5.75 Å². The maximum absolute atomic E-state index is 13.7. The first-order valence-corrected chi connectivity index (χ1v) is 12.6. The summed E-state index contributed by atoms with van der Waals surface area (Å²) in [6.07, 6.45) is 7.99. The molecule has 5 rings (SSSR count). The molecule has 0 aliphatic heterocycles. The Bertz CT molecular complexity index is 1530. The van der Waals surface area contributed by atoms with Crippen LogP contribution in [0.4, 0.5) is 8.78 Å². The van der Waals surface area contributed by atoms with Crippen LogP contribution in [0.25, 0.3) is 35.2 Å². The molecule has 4 aromatic rings. The number of carboxylic acids is 1. The Morgan fingerprint density at radius 3 is 2.53 bits per heavy atom. The summed E-state index contributed by atoms with van der Waals surface area (Å²) >= 11 is 1.64. The van der Waals surface area contributed by atoms with Crippen molar-refractivity contribution in [2.45, 2.75) is 12.2 Å².